The van der Waals surface area contributed by atoms with Crippen molar-refractivity contribution in [3.63, 3.8) is 0 Å². The van der Waals surface area contributed by atoms with E-state index in [-0.39, 0.29) is 13.0 Å². The second kappa shape index (κ2) is 3.87. The summed E-state index contributed by atoms with van der Waals surface area (Å²) in [6.07, 6.45) is 0.210. The summed E-state index contributed by atoms with van der Waals surface area (Å²) in [6, 6.07) is 0. The van der Waals surface area contributed by atoms with Crippen molar-refractivity contribution < 1.29 is 4.39 Å². The fraction of sp³-hybridized carbons (Fsp3) is 0.667. The summed E-state index contributed by atoms with van der Waals surface area (Å²) in [4.78, 5) is 0. The van der Waals surface area contributed by atoms with Crippen LogP contribution in [0, 0.1) is 6.92 Å². The molecule has 5 heteroatoms. The summed E-state index contributed by atoms with van der Waals surface area (Å²) in [5.74, 6) is 0. The van der Waals surface area contributed by atoms with Gasteiger partial charge in [0.05, 0.1) is 5.69 Å². The van der Waals surface area contributed by atoms with Gasteiger partial charge in [0.25, 0.3) is 0 Å². The molecule has 1 heterocycles. The van der Waals surface area contributed by atoms with Crippen molar-refractivity contribution in [3.8, 4) is 0 Å². The van der Waals surface area contributed by atoms with Crippen molar-refractivity contribution in [2.45, 2.75) is 25.9 Å². The van der Waals surface area contributed by atoms with Crippen LogP contribution in [0.3, 0.4) is 0 Å². The average molecular weight is 220 g/mol. The van der Waals surface area contributed by atoms with Gasteiger partial charge in [-0.2, -0.15) is 5.10 Å². The van der Waals surface area contributed by atoms with Crippen LogP contribution in [-0.2, 0) is 13.5 Å². The number of halogens is 2. The van der Waals surface area contributed by atoms with Crippen LogP contribution in [0.2, 0.25) is 5.15 Å². The molecule has 0 amide bonds. The summed E-state index contributed by atoms with van der Waals surface area (Å²) < 4.78 is 15.2. The molecule has 0 saturated carbocycles. The highest BCUT2D eigenvalue weighted by Crippen LogP contribution is 2.25. The van der Waals surface area contributed by atoms with E-state index in [0.717, 1.165) is 11.3 Å². The van der Waals surface area contributed by atoms with Crippen LogP contribution in [-0.4, -0.2) is 22.0 Å². The Morgan fingerprint density at radius 2 is 2.21 bits per heavy atom. The molecule has 0 aliphatic carbocycles. The largest absolute Gasteiger partial charge is 0.328 e. The molecule has 1 unspecified atom stereocenters. The molecule has 1 aromatic rings. The number of alkyl halides is 1. The molecule has 0 saturated heterocycles. The van der Waals surface area contributed by atoms with Crippen molar-refractivity contribution in [1.29, 1.82) is 0 Å². The molecular formula is C9H15ClFN3. The predicted molar refractivity (Wildman–Crippen MR) is 55.2 cm³/mol. The molecule has 3 nitrogen and oxygen atoms in total. The summed E-state index contributed by atoms with van der Waals surface area (Å²) in [5, 5.41) is 4.59. The fourth-order valence-electron chi connectivity index (χ4n) is 1.32. The lowest BCUT2D eigenvalue weighted by Gasteiger charge is -2.17. The standard InChI is InChI=1S/C9H15ClFN3/c1-6-7(4-9(2,11)5-12)8(10)14(3)13-6/h4-5,12H2,1-3H3. The summed E-state index contributed by atoms with van der Waals surface area (Å²) in [7, 11) is 1.73. The van der Waals surface area contributed by atoms with Crippen molar-refractivity contribution in [1.82, 2.24) is 9.78 Å². The molecule has 0 fully saturated rings. The minimum atomic E-state index is -1.42. The molecule has 80 valence electrons. The highest BCUT2D eigenvalue weighted by molar-refractivity contribution is 6.30. The Hall–Kier alpha value is -0.610. The van der Waals surface area contributed by atoms with Crippen molar-refractivity contribution in [3.05, 3.63) is 16.4 Å². The molecule has 0 spiro atoms. The summed E-state index contributed by atoms with van der Waals surface area (Å²) in [5.41, 5.74) is 5.40. The van der Waals surface area contributed by atoms with Crippen LogP contribution < -0.4 is 5.73 Å². The molecule has 1 aromatic heterocycles. The molecule has 2 N–H and O–H groups in total. The van der Waals surface area contributed by atoms with E-state index in [1.165, 1.54) is 6.92 Å². The number of nitrogens with zero attached hydrogens (tertiary/aromatic N) is 2. The van der Waals surface area contributed by atoms with Gasteiger partial charge < -0.3 is 5.73 Å². The number of aryl methyl sites for hydroxylation is 2. The Bertz CT molecular complexity index is 333. The number of aromatic nitrogens is 2. The van der Waals surface area contributed by atoms with Gasteiger partial charge in [0, 0.05) is 25.6 Å². The zero-order chi connectivity index (χ0) is 10.9. The van der Waals surface area contributed by atoms with Gasteiger partial charge in [-0.05, 0) is 13.8 Å². The second-order valence-corrected chi connectivity index (χ2v) is 4.13. The molecule has 0 aliphatic rings. The Kier molecular flexibility index (Phi) is 3.17. The third kappa shape index (κ3) is 2.25. The Balaban J connectivity index is 2.97. The Morgan fingerprint density at radius 3 is 2.57 bits per heavy atom. The Morgan fingerprint density at radius 1 is 1.64 bits per heavy atom. The maximum Gasteiger partial charge on any atom is 0.130 e. The van der Waals surface area contributed by atoms with Gasteiger partial charge in [-0.3, -0.25) is 4.68 Å². The molecule has 0 radical (unpaired) electrons. The first-order valence-electron chi connectivity index (χ1n) is 4.44. The van der Waals surface area contributed by atoms with Gasteiger partial charge >= 0.3 is 0 Å². The van der Waals surface area contributed by atoms with E-state index in [0.29, 0.717) is 5.15 Å². The molecule has 1 atom stereocenters. The zero-order valence-electron chi connectivity index (χ0n) is 8.64. The van der Waals surface area contributed by atoms with Crippen LogP contribution in [0.15, 0.2) is 0 Å². The minimum Gasteiger partial charge on any atom is -0.328 e. The lowest BCUT2D eigenvalue weighted by Crippen LogP contribution is -2.31. The first-order valence-corrected chi connectivity index (χ1v) is 4.82. The third-order valence-electron chi connectivity index (χ3n) is 2.24. The maximum absolute atomic E-state index is 13.7. The smallest absolute Gasteiger partial charge is 0.130 e. The van der Waals surface area contributed by atoms with Crippen LogP contribution >= 0.6 is 11.6 Å². The normalized spacial score (nSPS) is 15.6. The van der Waals surface area contributed by atoms with Crippen molar-refractivity contribution in [2.24, 2.45) is 12.8 Å². The SMILES string of the molecule is Cc1nn(C)c(Cl)c1CC(C)(F)CN. The predicted octanol–water partition coefficient (Wildman–Crippen LogP) is 1.61. The molecule has 14 heavy (non-hydrogen) atoms. The van der Waals surface area contributed by atoms with E-state index in [1.807, 2.05) is 6.92 Å². The van der Waals surface area contributed by atoms with Gasteiger partial charge in [-0.15, -0.1) is 0 Å². The van der Waals surface area contributed by atoms with Crippen LogP contribution in [0.1, 0.15) is 18.2 Å². The molecule has 0 bridgehead atoms. The number of rotatable bonds is 3. The van der Waals surface area contributed by atoms with Gasteiger partial charge in [-0.1, -0.05) is 11.6 Å². The minimum absolute atomic E-state index is 0.0162. The maximum atomic E-state index is 13.7. The topological polar surface area (TPSA) is 43.8 Å². The first-order chi connectivity index (χ1) is 6.37. The average Bonchev–Trinajstić information content (AvgIpc) is 2.32. The highest BCUT2D eigenvalue weighted by Gasteiger charge is 2.25. The highest BCUT2D eigenvalue weighted by atomic mass is 35.5. The van der Waals surface area contributed by atoms with E-state index in [9.17, 15) is 4.39 Å². The van der Waals surface area contributed by atoms with Crippen LogP contribution in [0.4, 0.5) is 4.39 Å². The van der Waals surface area contributed by atoms with Gasteiger partial charge in [0.2, 0.25) is 0 Å². The van der Waals surface area contributed by atoms with Gasteiger partial charge in [-0.25, -0.2) is 4.39 Å². The monoisotopic (exact) mass is 219 g/mol. The fourth-order valence-corrected chi connectivity index (χ4v) is 1.56. The van der Waals surface area contributed by atoms with Gasteiger partial charge in [0.1, 0.15) is 10.8 Å². The number of hydrogen-bond acceptors (Lipinski definition) is 2. The van der Waals surface area contributed by atoms with Crippen molar-refractivity contribution in [2.75, 3.05) is 6.54 Å². The molecule has 1 rings (SSSR count). The van der Waals surface area contributed by atoms with E-state index < -0.39 is 5.67 Å². The molecule has 0 aliphatic heterocycles. The lowest BCUT2D eigenvalue weighted by atomic mass is 9.99. The van der Waals surface area contributed by atoms with Crippen LogP contribution in [0.25, 0.3) is 0 Å². The number of hydrogen-bond donors (Lipinski definition) is 1. The van der Waals surface area contributed by atoms with E-state index in [4.69, 9.17) is 17.3 Å². The quantitative estimate of drug-likeness (QED) is 0.840. The van der Waals surface area contributed by atoms with E-state index in [1.54, 1.807) is 11.7 Å². The number of nitrogens with two attached hydrogens (primary N) is 1. The van der Waals surface area contributed by atoms with E-state index in [2.05, 4.69) is 5.10 Å². The third-order valence-corrected chi connectivity index (χ3v) is 2.71. The lowest BCUT2D eigenvalue weighted by molar-refractivity contribution is 0.200. The first kappa shape index (κ1) is 11.5. The zero-order valence-corrected chi connectivity index (χ0v) is 9.40. The summed E-state index contributed by atoms with van der Waals surface area (Å²) >= 11 is 5.97. The van der Waals surface area contributed by atoms with Crippen LogP contribution in [0.5, 0.6) is 0 Å². The molecule has 0 aromatic carbocycles. The Labute approximate surface area is 88.0 Å². The van der Waals surface area contributed by atoms with Gasteiger partial charge in [0.15, 0.2) is 0 Å². The second-order valence-electron chi connectivity index (χ2n) is 3.77. The summed E-state index contributed by atoms with van der Waals surface area (Å²) in [6.45, 7) is 3.27. The van der Waals surface area contributed by atoms with E-state index >= 15 is 0 Å². The molecular weight excluding hydrogens is 205 g/mol. The van der Waals surface area contributed by atoms with Crippen molar-refractivity contribution >= 4 is 11.6 Å².